The number of pyridine rings is 1. The SMILES string of the molecule is C[C@@H](CCc1cc(Br)cnc1N)c1cc(F)ccc1-n1[nH]ccc1=O. The first kappa shape index (κ1) is 17.4. The highest BCUT2D eigenvalue weighted by Gasteiger charge is 2.15. The second kappa shape index (κ2) is 7.23. The van der Waals surface area contributed by atoms with Crippen LogP contribution in [0.25, 0.3) is 5.69 Å². The molecule has 0 unspecified atom stereocenters. The fraction of sp³-hybridized carbons (Fsp3) is 0.222. The van der Waals surface area contributed by atoms with E-state index in [4.69, 9.17) is 5.73 Å². The van der Waals surface area contributed by atoms with Crippen molar-refractivity contribution in [3.05, 3.63) is 74.5 Å². The van der Waals surface area contributed by atoms with E-state index in [-0.39, 0.29) is 17.3 Å². The maximum absolute atomic E-state index is 13.8. The summed E-state index contributed by atoms with van der Waals surface area (Å²) in [5, 5.41) is 2.87. The molecule has 1 aromatic carbocycles. The van der Waals surface area contributed by atoms with E-state index in [1.807, 2.05) is 13.0 Å². The molecule has 0 bridgehead atoms. The first-order valence-electron chi connectivity index (χ1n) is 7.92. The molecule has 0 fully saturated rings. The first-order chi connectivity index (χ1) is 12.0. The lowest BCUT2D eigenvalue weighted by Crippen LogP contribution is -2.16. The molecule has 0 saturated carbocycles. The second-order valence-electron chi connectivity index (χ2n) is 5.98. The zero-order valence-electron chi connectivity index (χ0n) is 13.7. The predicted molar refractivity (Wildman–Crippen MR) is 99.4 cm³/mol. The number of aromatic nitrogens is 3. The lowest BCUT2D eigenvalue weighted by atomic mass is 9.92. The molecule has 0 aliphatic heterocycles. The maximum Gasteiger partial charge on any atom is 0.271 e. The number of nitrogen functional groups attached to an aromatic ring is 1. The zero-order valence-corrected chi connectivity index (χ0v) is 15.3. The Kier molecular flexibility index (Phi) is 5.03. The van der Waals surface area contributed by atoms with E-state index in [0.29, 0.717) is 17.9 Å². The topological polar surface area (TPSA) is 76.7 Å². The summed E-state index contributed by atoms with van der Waals surface area (Å²) in [6.45, 7) is 2.01. The molecule has 7 heteroatoms. The summed E-state index contributed by atoms with van der Waals surface area (Å²) in [5.41, 5.74) is 8.11. The standard InChI is InChI=1S/C18H18BrFN4O/c1-11(2-3-12-8-13(19)10-22-18(12)21)15-9-14(20)4-5-16(15)24-17(25)6-7-23-24/h4-11,23H,2-3H2,1H3,(H2,21,22)/t11-/m0/s1. The number of anilines is 1. The van der Waals surface area contributed by atoms with Crippen LogP contribution in [0.3, 0.4) is 0 Å². The van der Waals surface area contributed by atoms with Gasteiger partial charge in [-0.2, -0.15) is 0 Å². The summed E-state index contributed by atoms with van der Waals surface area (Å²) < 4.78 is 16.1. The van der Waals surface area contributed by atoms with E-state index in [9.17, 15) is 9.18 Å². The number of hydrogen-bond acceptors (Lipinski definition) is 3. The summed E-state index contributed by atoms with van der Waals surface area (Å²) in [7, 11) is 0. The smallest absolute Gasteiger partial charge is 0.271 e. The monoisotopic (exact) mass is 404 g/mol. The highest BCUT2D eigenvalue weighted by molar-refractivity contribution is 9.10. The van der Waals surface area contributed by atoms with Gasteiger partial charge in [-0.3, -0.25) is 9.89 Å². The fourth-order valence-corrected chi connectivity index (χ4v) is 3.23. The van der Waals surface area contributed by atoms with Gasteiger partial charge in [0.25, 0.3) is 5.56 Å². The minimum absolute atomic E-state index is 0.0271. The van der Waals surface area contributed by atoms with Crippen LogP contribution < -0.4 is 11.3 Å². The van der Waals surface area contributed by atoms with Crippen molar-refractivity contribution in [2.24, 2.45) is 0 Å². The molecule has 5 nitrogen and oxygen atoms in total. The summed E-state index contributed by atoms with van der Waals surface area (Å²) in [6, 6.07) is 7.83. The quantitative estimate of drug-likeness (QED) is 0.678. The zero-order chi connectivity index (χ0) is 18.0. The molecule has 3 rings (SSSR count). The lowest BCUT2D eigenvalue weighted by Gasteiger charge is -2.17. The normalized spacial score (nSPS) is 12.3. The highest BCUT2D eigenvalue weighted by atomic mass is 79.9. The Hall–Kier alpha value is -2.41. The van der Waals surface area contributed by atoms with E-state index in [2.05, 4.69) is 26.0 Å². The molecule has 3 aromatic rings. The highest BCUT2D eigenvalue weighted by Crippen LogP contribution is 2.28. The van der Waals surface area contributed by atoms with Crippen LogP contribution in [0.5, 0.6) is 0 Å². The third kappa shape index (κ3) is 3.82. The fourth-order valence-electron chi connectivity index (χ4n) is 2.85. The van der Waals surface area contributed by atoms with Crippen molar-refractivity contribution < 1.29 is 4.39 Å². The molecule has 1 atom stereocenters. The van der Waals surface area contributed by atoms with Crippen LogP contribution in [-0.2, 0) is 6.42 Å². The van der Waals surface area contributed by atoms with Gasteiger partial charge < -0.3 is 5.73 Å². The first-order valence-corrected chi connectivity index (χ1v) is 8.71. The molecule has 0 spiro atoms. The Morgan fingerprint density at radius 2 is 2.16 bits per heavy atom. The minimum atomic E-state index is -0.325. The summed E-state index contributed by atoms with van der Waals surface area (Å²) >= 11 is 3.39. The Bertz CT molecular complexity index is 950. The number of nitrogens with one attached hydrogen (secondary N) is 1. The number of hydrogen-bond donors (Lipinski definition) is 2. The molecule has 2 aromatic heterocycles. The number of aromatic amines is 1. The van der Waals surface area contributed by atoms with Crippen molar-refractivity contribution in [2.45, 2.75) is 25.7 Å². The van der Waals surface area contributed by atoms with Crippen LogP contribution in [0.1, 0.15) is 30.4 Å². The van der Waals surface area contributed by atoms with Crippen molar-refractivity contribution in [3.8, 4) is 5.69 Å². The maximum atomic E-state index is 13.8. The second-order valence-corrected chi connectivity index (χ2v) is 6.89. The van der Waals surface area contributed by atoms with Gasteiger partial charge in [-0.15, -0.1) is 0 Å². The van der Waals surface area contributed by atoms with Gasteiger partial charge in [0.15, 0.2) is 0 Å². The molecular formula is C18H18BrFN4O. The molecule has 130 valence electrons. The van der Waals surface area contributed by atoms with Crippen molar-refractivity contribution in [2.75, 3.05) is 5.73 Å². The lowest BCUT2D eigenvalue weighted by molar-refractivity contribution is 0.611. The van der Waals surface area contributed by atoms with Gasteiger partial charge in [-0.1, -0.05) is 6.92 Å². The average Bonchev–Trinajstić information content (AvgIpc) is 3.01. The predicted octanol–water partition coefficient (Wildman–Crippen LogP) is 3.78. The molecule has 0 aliphatic rings. The Morgan fingerprint density at radius 3 is 2.88 bits per heavy atom. The molecule has 0 saturated heterocycles. The van der Waals surface area contributed by atoms with Crippen LogP contribution in [0.15, 0.2) is 52.0 Å². The Balaban J connectivity index is 1.88. The molecule has 2 heterocycles. The van der Waals surface area contributed by atoms with Gasteiger partial charge in [0.05, 0.1) is 5.69 Å². The van der Waals surface area contributed by atoms with Crippen molar-refractivity contribution in [3.63, 3.8) is 0 Å². The molecule has 25 heavy (non-hydrogen) atoms. The van der Waals surface area contributed by atoms with Crippen molar-refractivity contribution >= 4 is 21.7 Å². The third-order valence-electron chi connectivity index (χ3n) is 4.23. The number of nitrogens with zero attached hydrogens (tertiary/aromatic N) is 2. The molecule has 0 radical (unpaired) electrons. The van der Waals surface area contributed by atoms with Gasteiger partial charge in [0, 0.05) is 22.9 Å². The number of aryl methyl sites for hydroxylation is 1. The van der Waals surface area contributed by atoms with E-state index in [1.54, 1.807) is 18.5 Å². The largest absolute Gasteiger partial charge is 0.383 e. The number of nitrogens with two attached hydrogens (primary N) is 1. The third-order valence-corrected chi connectivity index (χ3v) is 4.66. The molecule has 0 aliphatic carbocycles. The molecule has 3 N–H and O–H groups in total. The summed E-state index contributed by atoms with van der Waals surface area (Å²) in [6.07, 6.45) is 4.67. The number of H-pyrrole nitrogens is 1. The van der Waals surface area contributed by atoms with Crippen molar-refractivity contribution in [1.29, 1.82) is 0 Å². The molecule has 0 amide bonds. The summed E-state index contributed by atoms with van der Waals surface area (Å²) in [5.74, 6) is 0.198. The average molecular weight is 405 g/mol. The van der Waals surface area contributed by atoms with Gasteiger partial charge in [-0.25, -0.2) is 14.1 Å². The van der Waals surface area contributed by atoms with Crippen molar-refractivity contribution in [1.82, 2.24) is 14.8 Å². The number of rotatable bonds is 5. The van der Waals surface area contributed by atoms with Gasteiger partial charge in [0.1, 0.15) is 11.6 Å². The van der Waals surface area contributed by atoms with E-state index in [1.165, 1.54) is 22.9 Å². The van der Waals surface area contributed by atoms with E-state index >= 15 is 0 Å². The summed E-state index contributed by atoms with van der Waals surface area (Å²) in [4.78, 5) is 16.1. The van der Waals surface area contributed by atoms with Gasteiger partial charge >= 0.3 is 0 Å². The Morgan fingerprint density at radius 1 is 1.36 bits per heavy atom. The van der Waals surface area contributed by atoms with E-state index in [0.717, 1.165) is 22.0 Å². The van der Waals surface area contributed by atoms with Crippen LogP contribution in [0, 0.1) is 5.82 Å². The Labute approximate surface area is 152 Å². The molecular weight excluding hydrogens is 387 g/mol. The van der Waals surface area contributed by atoms with Crippen LogP contribution >= 0.6 is 15.9 Å². The minimum Gasteiger partial charge on any atom is -0.383 e. The number of benzene rings is 1. The number of halogens is 2. The van der Waals surface area contributed by atoms with Crippen LogP contribution in [0.4, 0.5) is 10.2 Å². The van der Waals surface area contributed by atoms with E-state index < -0.39 is 0 Å². The van der Waals surface area contributed by atoms with Crippen LogP contribution in [-0.4, -0.2) is 14.8 Å². The van der Waals surface area contributed by atoms with Gasteiger partial charge in [-0.05, 0) is 70.1 Å². The van der Waals surface area contributed by atoms with Crippen LogP contribution in [0.2, 0.25) is 0 Å². The van der Waals surface area contributed by atoms with Gasteiger partial charge in [0.2, 0.25) is 0 Å².